The lowest BCUT2D eigenvalue weighted by atomic mass is 10.1. The number of carbonyl (C=O) groups is 1. The fourth-order valence-electron chi connectivity index (χ4n) is 3.58. The van der Waals surface area contributed by atoms with Gasteiger partial charge in [0.05, 0.1) is 38.1 Å². The fourth-order valence-corrected chi connectivity index (χ4v) is 4.50. The Balaban J connectivity index is 1.81. The van der Waals surface area contributed by atoms with Crippen LogP contribution in [-0.2, 0) is 6.54 Å². The normalized spacial score (nSPS) is 10.9. The van der Waals surface area contributed by atoms with Crippen molar-refractivity contribution in [3.05, 3.63) is 57.3 Å². The van der Waals surface area contributed by atoms with Gasteiger partial charge in [0, 0.05) is 11.1 Å². The summed E-state index contributed by atoms with van der Waals surface area (Å²) in [6.45, 7) is 1.56. The smallest absolute Gasteiger partial charge is 0.294 e. The molecule has 0 atom stereocenters. The van der Waals surface area contributed by atoms with Gasteiger partial charge in [0.1, 0.15) is 12.2 Å². The van der Waals surface area contributed by atoms with Crippen LogP contribution in [0.4, 0.5) is 0 Å². The third kappa shape index (κ3) is 4.19. The SMILES string of the molecule is COc1ccc(C(=O)Cn2nc(-c3ccc(OC)c(OC)c3)c3sc(C)nc3c2=O)cc1OC. The molecule has 0 saturated carbocycles. The van der Waals surface area contributed by atoms with E-state index in [1.165, 1.54) is 25.6 Å². The molecule has 0 aliphatic rings. The summed E-state index contributed by atoms with van der Waals surface area (Å²) in [5.74, 6) is 1.71. The Morgan fingerprint density at radius 2 is 1.53 bits per heavy atom. The second kappa shape index (κ2) is 9.52. The minimum absolute atomic E-state index is 0.263. The highest BCUT2D eigenvalue weighted by Crippen LogP contribution is 2.35. The number of methoxy groups -OCH3 is 4. The molecule has 0 fully saturated rings. The zero-order valence-electron chi connectivity index (χ0n) is 19.4. The van der Waals surface area contributed by atoms with Crippen molar-refractivity contribution in [3.63, 3.8) is 0 Å². The van der Waals surface area contributed by atoms with Gasteiger partial charge in [-0.15, -0.1) is 11.3 Å². The van der Waals surface area contributed by atoms with E-state index in [2.05, 4.69) is 10.1 Å². The van der Waals surface area contributed by atoms with Crippen LogP contribution in [0.15, 0.2) is 41.2 Å². The Kier molecular flexibility index (Phi) is 6.51. The van der Waals surface area contributed by atoms with E-state index < -0.39 is 5.56 Å². The van der Waals surface area contributed by atoms with Crippen LogP contribution in [0, 0.1) is 6.92 Å². The Labute approximate surface area is 199 Å². The molecule has 4 rings (SSSR count). The number of ether oxygens (including phenoxy) is 4. The van der Waals surface area contributed by atoms with Crippen LogP contribution in [0.2, 0.25) is 0 Å². The summed E-state index contributed by atoms with van der Waals surface area (Å²) in [7, 11) is 6.11. The van der Waals surface area contributed by atoms with Crippen molar-refractivity contribution in [2.75, 3.05) is 28.4 Å². The minimum atomic E-state index is -0.433. The number of nitrogens with zero attached hydrogens (tertiary/aromatic N) is 3. The Hall–Kier alpha value is -3.92. The Morgan fingerprint density at radius 1 is 0.912 bits per heavy atom. The highest BCUT2D eigenvalue weighted by molar-refractivity contribution is 7.19. The predicted molar refractivity (Wildman–Crippen MR) is 129 cm³/mol. The lowest BCUT2D eigenvalue weighted by Gasteiger charge is -2.12. The van der Waals surface area contributed by atoms with Crippen molar-refractivity contribution < 1.29 is 23.7 Å². The first-order valence-corrected chi connectivity index (χ1v) is 11.1. The van der Waals surface area contributed by atoms with Crippen LogP contribution >= 0.6 is 11.3 Å². The topological polar surface area (TPSA) is 102 Å². The number of ketones is 1. The van der Waals surface area contributed by atoms with Gasteiger partial charge in [-0.1, -0.05) is 0 Å². The quantitative estimate of drug-likeness (QED) is 0.351. The summed E-state index contributed by atoms with van der Waals surface area (Å²) in [5.41, 5.74) is 1.44. The van der Waals surface area contributed by atoms with Gasteiger partial charge in [-0.05, 0) is 43.3 Å². The fraction of sp³-hybridized carbons (Fsp3) is 0.250. The van der Waals surface area contributed by atoms with E-state index in [-0.39, 0.29) is 17.8 Å². The number of aromatic nitrogens is 3. The van der Waals surface area contributed by atoms with E-state index in [9.17, 15) is 9.59 Å². The maximum Gasteiger partial charge on any atom is 0.294 e. The molecule has 0 bridgehead atoms. The van der Waals surface area contributed by atoms with Crippen LogP contribution in [0.5, 0.6) is 23.0 Å². The molecule has 2 aromatic carbocycles. The number of hydrogen-bond donors (Lipinski definition) is 0. The van der Waals surface area contributed by atoms with Gasteiger partial charge in [-0.3, -0.25) is 9.59 Å². The molecule has 0 amide bonds. The standard InChI is InChI=1S/C24H23N3O6S/c1-13-25-22-23(34-13)21(15-7-9-18(31-3)20(11-15)33-5)26-27(24(22)29)12-16(28)14-6-8-17(30-2)19(10-14)32-4/h6-11H,12H2,1-5H3. The summed E-state index contributed by atoms with van der Waals surface area (Å²) < 4.78 is 23.1. The molecule has 0 aliphatic carbocycles. The average Bonchev–Trinajstić information content (AvgIpc) is 3.26. The maximum absolute atomic E-state index is 13.1. The highest BCUT2D eigenvalue weighted by atomic mass is 32.1. The van der Waals surface area contributed by atoms with E-state index >= 15 is 0 Å². The molecule has 0 unspecified atom stereocenters. The number of aryl methyl sites for hydroxylation is 1. The van der Waals surface area contributed by atoms with Crippen molar-refractivity contribution in [2.45, 2.75) is 13.5 Å². The number of fused-ring (bicyclic) bond motifs is 1. The van der Waals surface area contributed by atoms with Crippen LogP contribution in [0.25, 0.3) is 21.5 Å². The molecule has 176 valence electrons. The molecule has 0 spiro atoms. The lowest BCUT2D eigenvalue weighted by Crippen LogP contribution is -2.27. The third-order valence-electron chi connectivity index (χ3n) is 5.26. The van der Waals surface area contributed by atoms with Crippen molar-refractivity contribution in [3.8, 4) is 34.3 Å². The number of hydrogen-bond acceptors (Lipinski definition) is 9. The van der Waals surface area contributed by atoms with E-state index in [0.29, 0.717) is 44.5 Å². The van der Waals surface area contributed by atoms with Crippen molar-refractivity contribution in [1.29, 1.82) is 0 Å². The maximum atomic E-state index is 13.1. The number of Topliss-reactive ketones (excluding diaryl/α,β-unsaturated/α-hetero) is 1. The summed E-state index contributed by atoms with van der Waals surface area (Å²) in [5, 5.41) is 5.28. The molecular formula is C24H23N3O6S. The van der Waals surface area contributed by atoms with Gasteiger partial charge in [-0.25, -0.2) is 9.67 Å². The number of thiazole rings is 1. The van der Waals surface area contributed by atoms with Crippen molar-refractivity contribution in [1.82, 2.24) is 14.8 Å². The first kappa shape index (κ1) is 23.2. The number of carbonyl (C=O) groups excluding carboxylic acids is 1. The summed E-state index contributed by atoms with van der Waals surface area (Å²) in [6.07, 6.45) is 0. The van der Waals surface area contributed by atoms with E-state index in [1.54, 1.807) is 44.6 Å². The van der Waals surface area contributed by atoms with E-state index in [1.807, 2.05) is 13.0 Å². The van der Waals surface area contributed by atoms with Crippen LogP contribution in [0.1, 0.15) is 15.4 Å². The van der Waals surface area contributed by atoms with Gasteiger partial charge in [0.25, 0.3) is 5.56 Å². The van der Waals surface area contributed by atoms with Crippen molar-refractivity contribution >= 4 is 27.3 Å². The first-order valence-electron chi connectivity index (χ1n) is 10.3. The molecule has 2 heterocycles. The monoisotopic (exact) mass is 481 g/mol. The van der Waals surface area contributed by atoms with E-state index in [4.69, 9.17) is 18.9 Å². The molecule has 10 heteroatoms. The average molecular weight is 482 g/mol. The molecule has 0 saturated heterocycles. The summed E-state index contributed by atoms with van der Waals surface area (Å²) in [4.78, 5) is 30.6. The number of benzene rings is 2. The molecule has 0 radical (unpaired) electrons. The van der Waals surface area contributed by atoms with Crippen LogP contribution < -0.4 is 24.5 Å². The second-order valence-electron chi connectivity index (χ2n) is 7.28. The van der Waals surface area contributed by atoms with Crippen LogP contribution in [0.3, 0.4) is 0 Å². The molecule has 9 nitrogen and oxygen atoms in total. The molecule has 2 aromatic heterocycles. The van der Waals surface area contributed by atoms with Gasteiger partial charge >= 0.3 is 0 Å². The largest absolute Gasteiger partial charge is 0.493 e. The lowest BCUT2D eigenvalue weighted by molar-refractivity contribution is 0.0965. The Morgan fingerprint density at radius 3 is 2.18 bits per heavy atom. The Bertz CT molecular complexity index is 1440. The zero-order valence-corrected chi connectivity index (χ0v) is 20.2. The minimum Gasteiger partial charge on any atom is -0.493 e. The molecule has 34 heavy (non-hydrogen) atoms. The van der Waals surface area contributed by atoms with Crippen LogP contribution in [-0.4, -0.2) is 49.0 Å². The van der Waals surface area contributed by atoms with Gasteiger partial charge in [0.2, 0.25) is 0 Å². The van der Waals surface area contributed by atoms with E-state index in [0.717, 1.165) is 9.69 Å². The summed E-state index contributed by atoms with van der Waals surface area (Å²) in [6, 6.07) is 10.2. The zero-order chi connectivity index (χ0) is 24.4. The third-order valence-corrected chi connectivity index (χ3v) is 6.24. The second-order valence-corrected chi connectivity index (χ2v) is 8.49. The molecular weight excluding hydrogens is 458 g/mol. The molecule has 0 aliphatic heterocycles. The van der Waals surface area contributed by atoms with Gasteiger partial charge in [-0.2, -0.15) is 5.10 Å². The van der Waals surface area contributed by atoms with Gasteiger partial charge in [0.15, 0.2) is 34.3 Å². The predicted octanol–water partition coefficient (Wildman–Crippen LogP) is 3.75. The number of rotatable bonds is 8. The molecule has 4 aromatic rings. The summed E-state index contributed by atoms with van der Waals surface area (Å²) >= 11 is 1.37. The van der Waals surface area contributed by atoms with Gasteiger partial charge < -0.3 is 18.9 Å². The molecule has 0 N–H and O–H groups in total. The van der Waals surface area contributed by atoms with Crippen molar-refractivity contribution in [2.24, 2.45) is 0 Å². The highest BCUT2D eigenvalue weighted by Gasteiger charge is 2.20. The first-order chi connectivity index (χ1) is 16.4.